The van der Waals surface area contributed by atoms with Gasteiger partial charge in [-0.2, -0.15) is 8.42 Å². The predicted octanol–water partition coefficient (Wildman–Crippen LogP) is 4.65. The van der Waals surface area contributed by atoms with Crippen molar-refractivity contribution in [1.82, 2.24) is 0 Å². The molecule has 3 rings (SSSR count). The van der Waals surface area contributed by atoms with Crippen molar-refractivity contribution in [2.24, 2.45) is 0 Å². The Labute approximate surface area is 141 Å². The van der Waals surface area contributed by atoms with E-state index in [1.165, 1.54) is 24.5 Å². The molecule has 7 heteroatoms. The lowest BCUT2D eigenvalue weighted by Gasteiger charge is -2.10. The van der Waals surface area contributed by atoms with E-state index in [0.717, 1.165) is 5.56 Å². The van der Waals surface area contributed by atoms with Gasteiger partial charge in [0.25, 0.3) is 15.1 Å². The number of benzene rings is 2. The SMILES string of the molecule is O=S(=O)(Nc1cc(-c2ccccc2)ccc1F)c1occc1Br. The Balaban J connectivity index is 1.99. The van der Waals surface area contributed by atoms with Gasteiger partial charge in [-0.15, -0.1) is 0 Å². The van der Waals surface area contributed by atoms with Crippen LogP contribution in [0.15, 0.2) is 74.8 Å². The third kappa shape index (κ3) is 3.30. The first-order chi connectivity index (χ1) is 11.0. The van der Waals surface area contributed by atoms with Crippen molar-refractivity contribution in [3.63, 3.8) is 0 Å². The van der Waals surface area contributed by atoms with Crippen molar-refractivity contribution in [2.45, 2.75) is 5.09 Å². The minimum absolute atomic E-state index is 0.144. The van der Waals surface area contributed by atoms with Crippen molar-refractivity contribution in [3.05, 3.63) is 71.2 Å². The summed E-state index contributed by atoms with van der Waals surface area (Å²) in [7, 11) is -4.03. The Kier molecular flexibility index (Phi) is 4.23. The molecule has 4 nitrogen and oxygen atoms in total. The third-order valence-electron chi connectivity index (χ3n) is 3.15. The topological polar surface area (TPSA) is 59.3 Å². The summed E-state index contributed by atoms with van der Waals surface area (Å²) in [5.74, 6) is -0.670. The first kappa shape index (κ1) is 15.8. The van der Waals surface area contributed by atoms with Gasteiger partial charge in [0.15, 0.2) is 0 Å². The molecule has 3 aromatic rings. The van der Waals surface area contributed by atoms with Crippen LogP contribution in [0.25, 0.3) is 11.1 Å². The maximum atomic E-state index is 14.0. The first-order valence-corrected chi connectivity index (χ1v) is 8.86. The van der Waals surface area contributed by atoms with Crippen LogP contribution < -0.4 is 4.72 Å². The lowest BCUT2D eigenvalue weighted by atomic mass is 10.1. The van der Waals surface area contributed by atoms with E-state index in [4.69, 9.17) is 4.42 Å². The summed E-state index contributed by atoms with van der Waals surface area (Å²) in [5.41, 5.74) is 1.41. The molecule has 23 heavy (non-hydrogen) atoms. The second-order valence-corrected chi connectivity index (χ2v) is 7.16. The number of anilines is 1. The average Bonchev–Trinajstić information content (AvgIpc) is 2.97. The molecule has 1 aromatic heterocycles. The zero-order chi connectivity index (χ0) is 16.4. The number of hydrogen-bond donors (Lipinski definition) is 1. The Hall–Kier alpha value is -2.12. The van der Waals surface area contributed by atoms with E-state index >= 15 is 0 Å². The molecule has 0 spiro atoms. The van der Waals surface area contributed by atoms with Gasteiger partial charge in [-0.1, -0.05) is 36.4 Å². The van der Waals surface area contributed by atoms with E-state index in [1.54, 1.807) is 6.07 Å². The Morgan fingerprint density at radius 3 is 2.39 bits per heavy atom. The molecule has 0 aliphatic heterocycles. The van der Waals surface area contributed by atoms with Gasteiger partial charge >= 0.3 is 0 Å². The minimum Gasteiger partial charge on any atom is -0.450 e. The quantitative estimate of drug-likeness (QED) is 0.699. The average molecular weight is 396 g/mol. The van der Waals surface area contributed by atoms with E-state index in [1.807, 2.05) is 30.3 Å². The maximum absolute atomic E-state index is 14.0. The van der Waals surface area contributed by atoms with Crippen LogP contribution in [-0.2, 0) is 10.0 Å². The van der Waals surface area contributed by atoms with Crippen LogP contribution in [0.4, 0.5) is 10.1 Å². The molecule has 0 bridgehead atoms. The lowest BCUT2D eigenvalue weighted by Crippen LogP contribution is -2.13. The van der Waals surface area contributed by atoms with E-state index in [2.05, 4.69) is 20.7 Å². The monoisotopic (exact) mass is 395 g/mol. The minimum atomic E-state index is -4.03. The molecule has 0 atom stereocenters. The van der Waals surface area contributed by atoms with Crippen molar-refractivity contribution >= 4 is 31.6 Å². The lowest BCUT2D eigenvalue weighted by molar-refractivity contribution is 0.448. The van der Waals surface area contributed by atoms with Crippen LogP contribution >= 0.6 is 15.9 Å². The molecule has 2 aromatic carbocycles. The van der Waals surface area contributed by atoms with Gasteiger partial charge in [0.05, 0.1) is 16.4 Å². The molecular formula is C16H11BrFNO3S. The fourth-order valence-electron chi connectivity index (χ4n) is 2.08. The zero-order valence-corrected chi connectivity index (χ0v) is 14.1. The molecule has 0 saturated carbocycles. The van der Waals surface area contributed by atoms with Gasteiger partial charge in [0.2, 0.25) is 0 Å². The van der Waals surface area contributed by atoms with Crippen LogP contribution in [0, 0.1) is 5.82 Å². The van der Waals surface area contributed by atoms with Gasteiger partial charge in [-0.05, 0) is 45.3 Å². The molecule has 1 heterocycles. The van der Waals surface area contributed by atoms with Crippen molar-refractivity contribution in [3.8, 4) is 11.1 Å². The highest BCUT2D eigenvalue weighted by molar-refractivity contribution is 9.10. The smallest absolute Gasteiger partial charge is 0.296 e. The number of nitrogens with one attached hydrogen (secondary N) is 1. The van der Waals surface area contributed by atoms with Gasteiger partial charge < -0.3 is 4.42 Å². The van der Waals surface area contributed by atoms with Crippen LogP contribution in [0.3, 0.4) is 0 Å². The summed E-state index contributed by atoms with van der Waals surface area (Å²) in [5, 5.41) is -0.304. The molecular weight excluding hydrogens is 385 g/mol. The Bertz CT molecular complexity index is 939. The number of halogens is 2. The molecule has 0 aliphatic carbocycles. The molecule has 0 saturated heterocycles. The zero-order valence-electron chi connectivity index (χ0n) is 11.7. The Morgan fingerprint density at radius 1 is 1.00 bits per heavy atom. The molecule has 1 N–H and O–H groups in total. The number of hydrogen-bond acceptors (Lipinski definition) is 3. The fourth-order valence-corrected chi connectivity index (χ4v) is 3.96. The molecule has 0 radical (unpaired) electrons. The molecule has 118 valence electrons. The van der Waals surface area contributed by atoms with E-state index in [0.29, 0.717) is 5.56 Å². The van der Waals surface area contributed by atoms with Crippen molar-refractivity contribution in [1.29, 1.82) is 0 Å². The number of sulfonamides is 1. The van der Waals surface area contributed by atoms with Gasteiger partial charge in [-0.25, -0.2) is 4.39 Å². The second kappa shape index (κ2) is 6.17. The molecule has 0 aliphatic rings. The number of rotatable bonds is 4. The highest BCUT2D eigenvalue weighted by Crippen LogP contribution is 2.29. The van der Waals surface area contributed by atoms with E-state index in [-0.39, 0.29) is 15.3 Å². The summed E-state index contributed by atoms with van der Waals surface area (Å²) in [6.45, 7) is 0. The highest BCUT2D eigenvalue weighted by Gasteiger charge is 2.23. The third-order valence-corrected chi connectivity index (χ3v) is 5.33. The summed E-state index contributed by atoms with van der Waals surface area (Å²) < 4.78 is 46.0. The largest absolute Gasteiger partial charge is 0.450 e. The summed E-state index contributed by atoms with van der Waals surface area (Å²) in [6, 6.07) is 15.0. The van der Waals surface area contributed by atoms with Gasteiger partial charge in [0.1, 0.15) is 5.82 Å². The fraction of sp³-hybridized carbons (Fsp3) is 0. The van der Waals surface area contributed by atoms with Crippen LogP contribution in [0.5, 0.6) is 0 Å². The summed E-state index contributed by atoms with van der Waals surface area (Å²) in [4.78, 5) is 0. The van der Waals surface area contributed by atoms with Crippen LogP contribution in [0.2, 0.25) is 0 Å². The molecule has 0 amide bonds. The summed E-state index contributed by atoms with van der Waals surface area (Å²) in [6.07, 6.45) is 1.23. The predicted molar refractivity (Wildman–Crippen MR) is 89.1 cm³/mol. The Morgan fingerprint density at radius 2 is 1.74 bits per heavy atom. The highest BCUT2D eigenvalue weighted by atomic mass is 79.9. The van der Waals surface area contributed by atoms with Gasteiger partial charge in [-0.3, -0.25) is 4.72 Å². The van der Waals surface area contributed by atoms with Gasteiger partial charge in [0, 0.05) is 0 Å². The van der Waals surface area contributed by atoms with E-state index < -0.39 is 15.8 Å². The maximum Gasteiger partial charge on any atom is 0.296 e. The second-order valence-electron chi connectivity index (χ2n) is 4.72. The van der Waals surface area contributed by atoms with Crippen molar-refractivity contribution in [2.75, 3.05) is 4.72 Å². The molecule has 0 fully saturated rings. The van der Waals surface area contributed by atoms with Crippen LogP contribution in [0.1, 0.15) is 0 Å². The normalized spacial score (nSPS) is 11.4. The molecule has 0 unspecified atom stereocenters. The van der Waals surface area contributed by atoms with Crippen molar-refractivity contribution < 1.29 is 17.2 Å². The standard InChI is InChI=1S/C16H11BrFNO3S/c17-13-8-9-22-16(13)23(20,21)19-15-10-12(6-7-14(15)18)11-4-2-1-3-5-11/h1-10,19H. The number of furan rings is 1. The van der Waals surface area contributed by atoms with Crippen LogP contribution in [-0.4, -0.2) is 8.42 Å². The first-order valence-electron chi connectivity index (χ1n) is 6.58. The van der Waals surface area contributed by atoms with E-state index in [9.17, 15) is 12.8 Å². The summed E-state index contributed by atoms with van der Waals surface area (Å²) >= 11 is 3.08.